The third-order valence-corrected chi connectivity index (χ3v) is 3.93. The number of piperazine rings is 1. The SMILES string of the molecule is O=C1N(Cc2cccc(C(F)(F)F)c2)CC2CNCCN12. The lowest BCUT2D eigenvalue weighted by Gasteiger charge is -2.28. The molecule has 21 heavy (non-hydrogen) atoms. The van der Waals surface area contributed by atoms with Gasteiger partial charge in [0.15, 0.2) is 0 Å². The van der Waals surface area contributed by atoms with Gasteiger partial charge in [0.05, 0.1) is 11.6 Å². The molecule has 0 aliphatic carbocycles. The van der Waals surface area contributed by atoms with Crippen LogP contribution in [0.1, 0.15) is 11.1 Å². The topological polar surface area (TPSA) is 35.6 Å². The van der Waals surface area contributed by atoms with Crippen molar-refractivity contribution in [3.8, 4) is 0 Å². The zero-order valence-electron chi connectivity index (χ0n) is 11.4. The lowest BCUT2D eigenvalue weighted by Crippen LogP contribution is -2.49. The Morgan fingerprint density at radius 3 is 2.86 bits per heavy atom. The van der Waals surface area contributed by atoms with Gasteiger partial charge >= 0.3 is 12.2 Å². The number of amides is 2. The van der Waals surface area contributed by atoms with Gasteiger partial charge in [-0.2, -0.15) is 13.2 Å². The van der Waals surface area contributed by atoms with Crippen LogP contribution in [0.4, 0.5) is 18.0 Å². The summed E-state index contributed by atoms with van der Waals surface area (Å²) in [6.45, 7) is 2.94. The summed E-state index contributed by atoms with van der Waals surface area (Å²) in [5, 5.41) is 3.22. The van der Waals surface area contributed by atoms with Gasteiger partial charge in [-0.1, -0.05) is 12.1 Å². The van der Waals surface area contributed by atoms with E-state index in [1.54, 1.807) is 15.9 Å². The Balaban J connectivity index is 1.74. The van der Waals surface area contributed by atoms with Gasteiger partial charge in [0.25, 0.3) is 0 Å². The number of rotatable bonds is 2. The van der Waals surface area contributed by atoms with Crippen LogP contribution in [0, 0.1) is 0 Å². The highest BCUT2D eigenvalue weighted by molar-refractivity contribution is 5.77. The first-order chi connectivity index (χ1) is 9.95. The first-order valence-corrected chi connectivity index (χ1v) is 6.87. The molecule has 1 aromatic rings. The largest absolute Gasteiger partial charge is 0.416 e. The summed E-state index contributed by atoms with van der Waals surface area (Å²) in [7, 11) is 0. The number of alkyl halides is 3. The Labute approximate surface area is 120 Å². The van der Waals surface area contributed by atoms with Crippen LogP contribution < -0.4 is 5.32 Å². The van der Waals surface area contributed by atoms with E-state index >= 15 is 0 Å². The van der Waals surface area contributed by atoms with Crippen LogP contribution in [-0.2, 0) is 12.7 Å². The standard InChI is InChI=1S/C14H16F3N3O/c15-14(16,17)11-3-1-2-10(6-11)8-19-9-12-7-18-4-5-20(12)13(19)21/h1-3,6,12,18H,4-5,7-9H2. The van der Waals surface area contributed by atoms with Crippen molar-refractivity contribution in [2.45, 2.75) is 18.8 Å². The minimum atomic E-state index is -4.35. The highest BCUT2D eigenvalue weighted by atomic mass is 19.4. The van der Waals surface area contributed by atoms with Gasteiger partial charge in [-0.25, -0.2) is 4.79 Å². The lowest BCUT2D eigenvalue weighted by molar-refractivity contribution is -0.137. The fourth-order valence-corrected chi connectivity index (χ4v) is 2.89. The Hall–Kier alpha value is -1.76. The van der Waals surface area contributed by atoms with Crippen LogP contribution in [0.5, 0.6) is 0 Å². The Bertz CT molecular complexity index is 547. The van der Waals surface area contributed by atoms with Gasteiger partial charge in [-0.05, 0) is 17.7 Å². The fourth-order valence-electron chi connectivity index (χ4n) is 2.89. The minimum Gasteiger partial charge on any atom is -0.318 e. The van der Waals surface area contributed by atoms with E-state index in [0.717, 1.165) is 25.2 Å². The smallest absolute Gasteiger partial charge is 0.318 e. The molecule has 1 N–H and O–H groups in total. The van der Waals surface area contributed by atoms with Crippen LogP contribution in [0.15, 0.2) is 24.3 Å². The summed E-state index contributed by atoms with van der Waals surface area (Å²) in [6.07, 6.45) is -4.35. The van der Waals surface area contributed by atoms with Crippen molar-refractivity contribution in [3.05, 3.63) is 35.4 Å². The van der Waals surface area contributed by atoms with Crippen LogP contribution in [0.2, 0.25) is 0 Å². The normalized spacial score (nSPS) is 22.6. The Kier molecular flexibility index (Phi) is 3.52. The highest BCUT2D eigenvalue weighted by Gasteiger charge is 2.38. The van der Waals surface area contributed by atoms with Crippen LogP contribution >= 0.6 is 0 Å². The predicted molar refractivity (Wildman–Crippen MR) is 70.6 cm³/mol. The van der Waals surface area contributed by atoms with E-state index < -0.39 is 11.7 Å². The van der Waals surface area contributed by atoms with Crippen molar-refractivity contribution < 1.29 is 18.0 Å². The van der Waals surface area contributed by atoms with Crippen molar-refractivity contribution in [2.75, 3.05) is 26.2 Å². The molecule has 0 saturated carbocycles. The number of hydrogen-bond acceptors (Lipinski definition) is 2. The number of halogens is 3. The van der Waals surface area contributed by atoms with Gasteiger partial charge in [0.1, 0.15) is 0 Å². The number of carbonyl (C=O) groups excluding carboxylic acids is 1. The van der Waals surface area contributed by atoms with Crippen molar-refractivity contribution >= 4 is 6.03 Å². The number of carbonyl (C=O) groups is 1. The van der Waals surface area contributed by atoms with Crippen molar-refractivity contribution in [1.29, 1.82) is 0 Å². The third-order valence-electron chi connectivity index (χ3n) is 3.93. The summed E-state index contributed by atoms with van der Waals surface area (Å²) in [5.74, 6) is 0. The number of nitrogens with one attached hydrogen (secondary N) is 1. The number of benzene rings is 1. The molecule has 1 aromatic carbocycles. The number of fused-ring (bicyclic) bond motifs is 1. The summed E-state index contributed by atoms with van der Waals surface area (Å²) >= 11 is 0. The van der Waals surface area contributed by atoms with Gasteiger partial charge in [0, 0.05) is 32.7 Å². The molecule has 0 radical (unpaired) electrons. The molecule has 3 rings (SSSR count). The molecule has 2 aliphatic heterocycles. The predicted octanol–water partition coefficient (Wildman–Crippen LogP) is 1.91. The van der Waals surface area contributed by atoms with E-state index in [0.29, 0.717) is 18.7 Å². The van der Waals surface area contributed by atoms with Crippen molar-refractivity contribution in [3.63, 3.8) is 0 Å². The molecule has 1 unspecified atom stereocenters. The van der Waals surface area contributed by atoms with Crippen molar-refractivity contribution in [2.24, 2.45) is 0 Å². The zero-order chi connectivity index (χ0) is 15.0. The number of nitrogens with zero attached hydrogens (tertiary/aromatic N) is 2. The Morgan fingerprint density at radius 2 is 2.14 bits per heavy atom. The van der Waals surface area contributed by atoms with E-state index in [1.165, 1.54) is 6.07 Å². The van der Waals surface area contributed by atoms with E-state index in [2.05, 4.69) is 5.32 Å². The molecule has 2 heterocycles. The molecule has 2 amide bonds. The summed E-state index contributed by atoms with van der Waals surface area (Å²) < 4.78 is 38.1. The second-order valence-corrected chi connectivity index (χ2v) is 5.41. The van der Waals surface area contributed by atoms with Crippen LogP contribution in [-0.4, -0.2) is 48.1 Å². The van der Waals surface area contributed by atoms with Gasteiger partial charge in [-0.3, -0.25) is 0 Å². The summed E-state index contributed by atoms with van der Waals surface area (Å²) in [5.41, 5.74) is -0.169. The van der Waals surface area contributed by atoms with E-state index in [9.17, 15) is 18.0 Å². The quantitative estimate of drug-likeness (QED) is 0.905. The molecule has 0 spiro atoms. The number of hydrogen-bond donors (Lipinski definition) is 1. The molecule has 7 heteroatoms. The van der Waals surface area contributed by atoms with Crippen molar-refractivity contribution in [1.82, 2.24) is 15.1 Å². The minimum absolute atomic E-state index is 0.0843. The van der Waals surface area contributed by atoms with E-state index in [-0.39, 0.29) is 18.6 Å². The van der Waals surface area contributed by atoms with Gasteiger partial charge in [0.2, 0.25) is 0 Å². The second kappa shape index (κ2) is 5.22. The van der Waals surface area contributed by atoms with E-state index in [4.69, 9.17) is 0 Å². The van der Waals surface area contributed by atoms with Gasteiger partial charge < -0.3 is 15.1 Å². The summed E-state index contributed by atoms with van der Waals surface area (Å²) in [4.78, 5) is 15.6. The Morgan fingerprint density at radius 1 is 1.33 bits per heavy atom. The zero-order valence-corrected chi connectivity index (χ0v) is 11.4. The molecular formula is C14H16F3N3O. The fraction of sp³-hybridized carbons (Fsp3) is 0.500. The molecule has 0 bridgehead atoms. The molecule has 1 atom stereocenters. The molecule has 2 aliphatic rings. The second-order valence-electron chi connectivity index (χ2n) is 5.41. The maximum Gasteiger partial charge on any atom is 0.416 e. The monoisotopic (exact) mass is 299 g/mol. The first kappa shape index (κ1) is 14.2. The lowest BCUT2D eigenvalue weighted by atomic mass is 10.1. The molecule has 114 valence electrons. The van der Waals surface area contributed by atoms with Crippen LogP contribution in [0.25, 0.3) is 0 Å². The molecule has 2 fully saturated rings. The summed E-state index contributed by atoms with van der Waals surface area (Å²) in [6, 6.07) is 5.20. The molecule has 2 saturated heterocycles. The average molecular weight is 299 g/mol. The third kappa shape index (κ3) is 2.83. The average Bonchev–Trinajstić information content (AvgIpc) is 2.75. The molecule has 4 nitrogen and oxygen atoms in total. The van der Waals surface area contributed by atoms with Gasteiger partial charge in [-0.15, -0.1) is 0 Å². The number of urea groups is 1. The van der Waals surface area contributed by atoms with E-state index in [1.807, 2.05) is 0 Å². The highest BCUT2D eigenvalue weighted by Crippen LogP contribution is 2.30. The maximum atomic E-state index is 12.7. The first-order valence-electron chi connectivity index (χ1n) is 6.87. The van der Waals surface area contributed by atoms with Crippen LogP contribution in [0.3, 0.4) is 0 Å². The molecule has 0 aromatic heterocycles. The maximum absolute atomic E-state index is 12.7. The molecular weight excluding hydrogens is 283 g/mol.